The first-order valence-electron chi connectivity index (χ1n) is 9.00. The number of anilines is 1. The van der Waals surface area contributed by atoms with E-state index in [4.69, 9.17) is 21.1 Å². The fourth-order valence-corrected chi connectivity index (χ4v) is 2.52. The molecule has 2 rings (SSSR count). The molecule has 0 saturated carbocycles. The zero-order chi connectivity index (χ0) is 19.6. The maximum Gasteiger partial charge on any atom is 0.347 e. The van der Waals surface area contributed by atoms with Crippen LogP contribution < -0.4 is 10.1 Å². The van der Waals surface area contributed by atoms with Gasteiger partial charge in [0.15, 0.2) is 6.10 Å². The van der Waals surface area contributed by atoms with E-state index in [0.717, 1.165) is 19.3 Å². The molecule has 0 fully saturated rings. The zero-order valence-corrected chi connectivity index (χ0v) is 16.3. The number of hydrogen-bond donors (Lipinski definition) is 1. The third-order valence-electron chi connectivity index (χ3n) is 3.88. The molecule has 0 bridgehead atoms. The minimum atomic E-state index is -0.713. The van der Waals surface area contributed by atoms with E-state index >= 15 is 0 Å². The summed E-state index contributed by atoms with van der Waals surface area (Å²) in [6, 6.07) is 13.6. The van der Waals surface area contributed by atoms with Crippen molar-refractivity contribution in [3.05, 3.63) is 59.1 Å². The van der Waals surface area contributed by atoms with E-state index in [-0.39, 0.29) is 5.91 Å². The van der Waals surface area contributed by atoms with Crippen molar-refractivity contribution in [2.24, 2.45) is 0 Å². The molecule has 1 amide bonds. The third-order valence-corrected chi connectivity index (χ3v) is 4.21. The summed E-state index contributed by atoms with van der Waals surface area (Å²) in [6.07, 6.45) is 2.24. The predicted molar refractivity (Wildman–Crippen MR) is 106 cm³/mol. The van der Waals surface area contributed by atoms with Crippen LogP contribution in [0.5, 0.6) is 5.75 Å². The van der Waals surface area contributed by atoms with Crippen LogP contribution in [0.15, 0.2) is 48.5 Å². The van der Waals surface area contributed by atoms with Crippen molar-refractivity contribution in [3.8, 4) is 5.75 Å². The van der Waals surface area contributed by atoms with E-state index in [0.29, 0.717) is 28.6 Å². The average Bonchev–Trinajstić information content (AvgIpc) is 2.67. The zero-order valence-electron chi connectivity index (χ0n) is 15.5. The molecule has 2 aromatic carbocycles. The minimum absolute atomic E-state index is 0.280. The Bertz CT molecular complexity index is 761. The number of benzene rings is 2. The molecule has 0 spiro atoms. The Labute approximate surface area is 164 Å². The van der Waals surface area contributed by atoms with Crippen molar-refractivity contribution in [1.29, 1.82) is 0 Å². The van der Waals surface area contributed by atoms with Crippen LogP contribution in [0.25, 0.3) is 0 Å². The molecular formula is C21H24ClNO4. The van der Waals surface area contributed by atoms with Crippen LogP contribution in [0.3, 0.4) is 0 Å². The summed E-state index contributed by atoms with van der Waals surface area (Å²) in [4.78, 5) is 24.2. The highest BCUT2D eigenvalue weighted by molar-refractivity contribution is 6.33. The van der Waals surface area contributed by atoms with Crippen molar-refractivity contribution < 1.29 is 19.1 Å². The van der Waals surface area contributed by atoms with Crippen LogP contribution in [0.4, 0.5) is 5.69 Å². The standard InChI is InChI=1S/C21H24ClNO4/c1-3-4-7-14-26-21(25)15(2)27-17-12-10-16(11-13-17)20(24)23-19-9-6-5-8-18(19)22/h5-6,8-13,15H,3-4,7,14H2,1-2H3,(H,23,24). The third kappa shape index (κ3) is 6.61. The Morgan fingerprint density at radius 3 is 2.44 bits per heavy atom. The van der Waals surface area contributed by atoms with Gasteiger partial charge in [0.1, 0.15) is 5.75 Å². The maximum atomic E-state index is 12.3. The fourth-order valence-electron chi connectivity index (χ4n) is 2.34. The van der Waals surface area contributed by atoms with Gasteiger partial charge in [-0.25, -0.2) is 4.79 Å². The fraction of sp³-hybridized carbons (Fsp3) is 0.333. The number of carbonyl (C=O) groups excluding carboxylic acids is 2. The Kier molecular flexibility index (Phi) is 8.14. The molecule has 0 heterocycles. The van der Waals surface area contributed by atoms with Crippen LogP contribution in [0.1, 0.15) is 43.5 Å². The second-order valence-electron chi connectivity index (χ2n) is 6.09. The summed E-state index contributed by atoms with van der Waals surface area (Å²) >= 11 is 6.04. The van der Waals surface area contributed by atoms with Gasteiger partial charge < -0.3 is 14.8 Å². The van der Waals surface area contributed by atoms with E-state index in [2.05, 4.69) is 12.2 Å². The van der Waals surface area contributed by atoms with Crippen molar-refractivity contribution >= 4 is 29.2 Å². The number of esters is 1. The van der Waals surface area contributed by atoms with Gasteiger partial charge in [0.25, 0.3) is 5.91 Å². The summed E-state index contributed by atoms with van der Waals surface area (Å²) < 4.78 is 10.8. The lowest BCUT2D eigenvalue weighted by molar-refractivity contribution is -0.151. The number of hydrogen-bond acceptors (Lipinski definition) is 4. The normalized spacial score (nSPS) is 11.5. The molecule has 0 radical (unpaired) electrons. The second kappa shape index (κ2) is 10.6. The van der Waals surface area contributed by atoms with Crippen LogP contribution in [0, 0.1) is 0 Å². The topological polar surface area (TPSA) is 64.6 Å². The van der Waals surface area contributed by atoms with Gasteiger partial charge in [-0.05, 0) is 49.7 Å². The van der Waals surface area contributed by atoms with E-state index in [1.165, 1.54) is 0 Å². The summed E-state index contributed by atoms with van der Waals surface area (Å²) in [7, 11) is 0. The minimum Gasteiger partial charge on any atom is -0.479 e. The van der Waals surface area contributed by atoms with E-state index in [1.807, 2.05) is 0 Å². The monoisotopic (exact) mass is 389 g/mol. The van der Waals surface area contributed by atoms with Gasteiger partial charge in [-0.15, -0.1) is 0 Å². The van der Waals surface area contributed by atoms with Crippen LogP contribution in [0.2, 0.25) is 5.02 Å². The smallest absolute Gasteiger partial charge is 0.347 e. The molecule has 0 aromatic heterocycles. The lowest BCUT2D eigenvalue weighted by Gasteiger charge is -2.14. The molecule has 0 aliphatic rings. The molecule has 0 aliphatic heterocycles. The van der Waals surface area contributed by atoms with Crippen molar-refractivity contribution in [2.45, 2.75) is 39.2 Å². The highest BCUT2D eigenvalue weighted by Gasteiger charge is 2.16. The largest absolute Gasteiger partial charge is 0.479 e. The number of para-hydroxylation sites is 1. The van der Waals surface area contributed by atoms with Crippen LogP contribution in [-0.4, -0.2) is 24.6 Å². The Hall–Kier alpha value is -2.53. The molecule has 2 aromatic rings. The first-order chi connectivity index (χ1) is 13.0. The SMILES string of the molecule is CCCCCOC(=O)C(C)Oc1ccc(C(=O)Nc2ccccc2Cl)cc1. The van der Waals surface area contributed by atoms with Crippen molar-refractivity contribution in [3.63, 3.8) is 0 Å². The second-order valence-corrected chi connectivity index (χ2v) is 6.50. The molecular weight excluding hydrogens is 366 g/mol. The quantitative estimate of drug-likeness (QED) is 0.479. The number of rotatable bonds is 9. The van der Waals surface area contributed by atoms with Crippen molar-refractivity contribution in [2.75, 3.05) is 11.9 Å². The number of carbonyl (C=O) groups is 2. The van der Waals surface area contributed by atoms with Gasteiger partial charge in [-0.2, -0.15) is 0 Å². The summed E-state index contributed by atoms with van der Waals surface area (Å²) in [5.74, 6) is -0.188. The summed E-state index contributed by atoms with van der Waals surface area (Å²) in [6.45, 7) is 4.13. The first kappa shape index (κ1) is 20.8. The van der Waals surface area contributed by atoms with Gasteiger partial charge in [0.2, 0.25) is 0 Å². The lowest BCUT2D eigenvalue weighted by Crippen LogP contribution is -2.26. The van der Waals surface area contributed by atoms with E-state index in [9.17, 15) is 9.59 Å². The van der Waals surface area contributed by atoms with Crippen LogP contribution >= 0.6 is 11.6 Å². The Balaban J connectivity index is 1.88. The predicted octanol–water partition coefficient (Wildman–Crippen LogP) is 5.09. The maximum absolute atomic E-state index is 12.3. The molecule has 6 heteroatoms. The van der Waals surface area contributed by atoms with Gasteiger partial charge >= 0.3 is 5.97 Å². The van der Waals surface area contributed by atoms with Crippen LogP contribution in [-0.2, 0) is 9.53 Å². The number of nitrogens with one attached hydrogen (secondary N) is 1. The average molecular weight is 390 g/mol. The van der Waals surface area contributed by atoms with E-state index in [1.54, 1.807) is 55.5 Å². The molecule has 1 unspecified atom stereocenters. The highest BCUT2D eigenvalue weighted by atomic mass is 35.5. The molecule has 144 valence electrons. The van der Waals surface area contributed by atoms with Crippen molar-refractivity contribution in [1.82, 2.24) is 0 Å². The number of unbranched alkanes of at least 4 members (excludes halogenated alkanes) is 2. The van der Waals surface area contributed by atoms with Gasteiger partial charge in [0.05, 0.1) is 17.3 Å². The van der Waals surface area contributed by atoms with Gasteiger partial charge in [-0.1, -0.05) is 43.5 Å². The molecule has 0 aliphatic carbocycles. The Morgan fingerprint density at radius 1 is 1.07 bits per heavy atom. The molecule has 1 atom stereocenters. The first-order valence-corrected chi connectivity index (χ1v) is 9.38. The summed E-state index contributed by atoms with van der Waals surface area (Å²) in [5, 5.41) is 3.22. The molecule has 5 nitrogen and oxygen atoms in total. The highest BCUT2D eigenvalue weighted by Crippen LogP contribution is 2.22. The number of amides is 1. The molecule has 27 heavy (non-hydrogen) atoms. The molecule has 1 N–H and O–H groups in total. The van der Waals surface area contributed by atoms with E-state index < -0.39 is 12.1 Å². The lowest BCUT2D eigenvalue weighted by atomic mass is 10.2. The van der Waals surface area contributed by atoms with Gasteiger partial charge in [0, 0.05) is 5.56 Å². The number of halogens is 1. The molecule has 0 saturated heterocycles. The summed E-state index contributed by atoms with van der Waals surface area (Å²) in [5.41, 5.74) is 1.00. The van der Waals surface area contributed by atoms with Gasteiger partial charge in [-0.3, -0.25) is 4.79 Å². The number of ether oxygens (including phenoxy) is 2. The Morgan fingerprint density at radius 2 is 1.78 bits per heavy atom.